The third-order valence-electron chi connectivity index (χ3n) is 5.70. The van der Waals surface area contributed by atoms with E-state index in [0.29, 0.717) is 6.54 Å². The molecule has 0 aromatic carbocycles. The van der Waals surface area contributed by atoms with Crippen molar-refractivity contribution in [1.29, 1.82) is 0 Å². The van der Waals surface area contributed by atoms with Crippen LogP contribution in [-0.2, 0) is 36.3 Å². The lowest BCUT2D eigenvalue weighted by Crippen LogP contribution is -2.29. The lowest BCUT2D eigenvalue weighted by Gasteiger charge is -2.16. The molecule has 1 aliphatic heterocycles. The molecule has 4 heterocycles. The molecule has 1 atom stereocenters. The Balaban J connectivity index is 1.53. The molecule has 1 fully saturated rings. The Kier molecular flexibility index (Phi) is 5.78. The molecular weight excluding hydrogens is 422 g/mol. The van der Waals surface area contributed by atoms with Crippen LogP contribution in [0.25, 0.3) is 10.2 Å². The van der Waals surface area contributed by atoms with Gasteiger partial charge in [-0.3, -0.25) is 9.36 Å². The van der Waals surface area contributed by atoms with Gasteiger partial charge in [-0.2, -0.15) is 0 Å². The molecule has 0 bridgehead atoms. The minimum Gasteiger partial charge on any atom is -0.376 e. The van der Waals surface area contributed by atoms with Crippen molar-refractivity contribution < 1.29 is 4.74 Å². The number of fused-ring (bicyclic) bond motifs is 3. The van der Waals surface area contributed by atoms with Gasteiger partial charge in [0.2, 0.25) is 0 Å². The average Bonchev–Trinajstić information content (AvgIpc) is 3.48. The van der Waals surface area contributed by atoms with Gasteiger partial charge >= 0.3 is 0 Å². The molecule has 154 valence electrons. The normalized spacial score (nSPS) is 19.1. The number of ether oxygens (including phenoxy) is 1. The highest BCUT2D eigenvalue weighted by Crippen LogP contribution is 2.35. The zero-order valence-electron chi connectivity index (χ0n) is 16.6. The van der Waals surface area contributed by atoms with Crippen molar-refractivity contribution in [2.45, 2.75) is 75.4 Å². The Bertz CT molecular complexity index is 1080. The molecule has 29 heavy (non-hydrogen) atoms. The number of thioether (sulfide) groups is 1. The summed E-state index contributed by atoms with van der Waals surface area (Å²) in [6, 6.07) is 0. The van der Waals surface area contributed by atoms with Crippen LogP contribution in [0.3, 0.4) is 0 Å². The second kappa shape index (κ2) is 8.49. The highest BCUT2D eigenvalue weighted by molar-refractivity contribution is 7.98. The summed E-state index contributed by atoms with van der Waals surface area (Å²) < 4.78 is 7.74. The minimum atomic E-state index is 0.117. The van der Waals surface area contributed by atoms with Gasteiger partial charge in [-0.05, 0) is 50.5 Å². The smallest absolute Gasteiger partial charge is 0.263 e. The van der Waals surface area contributed by atoms with Crippen LogP contribution in [0.4, 0.5) is 0 Å². The molecule has 8 heteroatoms. The fraction of sp³-hybridized carbons (Fsp3) is 0.571. The Hall–Kier alpha value is -1.22. The van der Waals surface area contributed by atoms with E-state index in [0.717, 1.165) is 70.5 Å². The molecule has 2 aliphatic rings. The summed E-state index contributed by atoms with van der Waals surface area (Å²) in [5, 5.41) is 4.96. The van der Waals surface area contributed by atoms with E-state index in [1.165, 1.54) is 23.3 Å². The summed E-state index contributed by atoms with van der Waals surface area (Å²) in [4.78, 5) is 25.5. The number of hydrogen-bond donors (Lipinski definition) is 0. The highest BCUT2D eigenvalue weighted by atomic mass is 32.2. The molecule has 1 aliphatic carbocycles. The van der Waals surface area contributed by atoms with Crippen LogP contribution in [-0.4, -0.2) is 27.2 Å². The molecule has 5 rings (SSSR count). The Morgan fingerprint density at radius 2 is 2.17 bits per heavy atom. The number of nitrogens with zero attached hydrogens (tertiary/aromatic N) is 3. The fourth-order valence-corrected chi connectivity index (χ4v) is 7.25. The highest BCUT2D eigenvalue weighted by Gasteiger charge is 2.25. The lowest BCUT2D eigenvalue weighted by atomic mass is 9.97. The second-order valence-electron chi connectivity index (χ2n) is 7.71. The van der Waals surface area contributed by atoms with Crippen molar-refractivity contribution in [2.75, 3.05) is 6.61 Å². The van der Waals surface area contributed by atoms with Gasteiger partial charge in [-0.1, -0.05) is 18.7 Å². The maximum absolute atomic E-state index is 13.6. The number of aromatic nitrogens is 3. The molecule has 0 radical (unpaired) electrons. The molecule has 1 unspecified atom stereocenters. The minimum absolute atomic E-state index is 0.117. The van der Waals surface area contributed by atoms with Gasteiger partial charge in [-0.25, -0.2) is 9.97 Å². The van der Waals surface area contributed by atoms with Gasteiger partial charge in [0.1, 0.15) is 4.83 Å². The first-order valence-corrected chi connectivity index (χ1v) is 13.1. The van der Waals surface area contributed by atoms with Crippen LogP contribution in [0, 0.1) is 0 Å². The van der Waals surface area contributed by atoms with E-state index in [1.807, 2.05) is 4.57 Å². The monoisotopic (exact) mass is 447 g/mol. The molecule has 3 aromatic heterocycles. The summed E-state index contributed by atoms with van der Waals surface area (Å²) in [5.74, 6) is 0.741. The number of thiazole rings is 1. The Morgan fingerprint density at radius 3 is 2.97 bits per heavy atom. The van der Waals surface area contributed by atoms with E-state index in [9.17, 15) is 4.79 Å². The van der Waals surface area contributed by atoms with Gasteiger partial charge < -0.3 is 4.74 Å². The first kappa shape index (κ1) is 19.7. The molecule has 0 spiro atoms. The van der Waals surface area contributed by atoms with Crippen LogP contribution in [0.15, 0.2) is 15.3 Å². The SMILES string of the molecule is CCc1nc(CSc2nc3sc4c(c3c(=O)n2CC2CCCO2)CCCC4)cs1. The lowest BCUT2D eigenvalue weighted by molar-refractivity contribution is 0.0937. The van der Waals surface area contributed by atoms with Crippen LogP contribution < -0.4 is 5.56 Å². The van der Waals surface area contributed by atoms with Crippen molar-refractivity contribution in [1.82, 2.24) is 14.5 Å². The topological polar surface area (TPSA) is 57.0 Å². The Labute approximate surface area is 182 Å². The third-order valence-corrected chi connectivity index (χ3v) is 8.94. The fourth-order valence-electron chi connectivity index (χ4n) is 4.20. The predicted molar refractivity (Wildman–Crippen MR) is 121 cm³/mol. The van der Waals surface area contributed by atoms with E-state index in [2.05, 4.69) is 17.3 Å². The quantitative estimate of drug-likeness (QED) is 0.400. The summed E-state index contributed by atoms with van der Waals surface area (Å²) in [7, 11) is 0. The van der Waals surface area contributed by atoms with E-state index in [1.54, 1.807) is 34.4 Å². The van der Waals surface area contributed by atoms with E-state index < -0.39 is 0 Å². The largest absolute Gasteiger partial charge is 0.376 e. The van der Waals surface area contributed by atoms with Gasteiger partial charge in [0.15, 0.2) is 5.16 Å². The molecule has 0 saturated carbocycles. The molecule has 5 nitrogen and oxygen atoms in total. The van der Waals surface area contributed by atoms with Crippen molar-refractivity contribution in [3.05, 3.63) is 36.9 Å². The maximum Gasteiger partial charge on any atom is 0.263 e. The van der Waals surface area contributed by atoms with Gasteiger partial charge in [-0.15, -0.1) is 22.7 Å². The molecule has 0 N–H and O–H groups in total. The van der Waals surface area contributed by atoms with Gasteiger partial charge in [0, 0.05) is 22.6 Å². The van der Waals surface area contributed by atoms with Crippen LogP contribution in [0.2, 0.25) is 0 Å². The predicted octanol–water partition coefficient (Wildman–Crippen LogP) is 4.83. The zero-order valence-corrected chi connectivity index (χ0v) is 19.1. The van der Waals surface area contributed by atoms with Crippen LogP contribution in [0.1, 0.15) is 53.7 Å². The first-order chi connectivity index (χ1) is 14.2. The zero-order chi connectivity index (χ0) is 19.8. The van der Waals surface area contributed by atoms with Crippen molar-refractivity contribution in [3.63, 3.8) is 0 Å². The third kappa shape index (κ3) is 3.92. The number of hydrogen-bond acceptors (Lipinski definition) is 7. The maximum atomic E-state index is 13.6. The van der Waals surface area contributed by atoms with E-state index in [4.69, 9.17) is 9.72 Å². The van der Waals surface area contributed by atoms with Crippen molar-refractivity contribution in [2.24, 2.45) is 0 Å². The van der Waals surface area contributed by atoms with Crippen molar-refractivity contribution >= 4 is 44.7 Å². The summed E-state index contributed by atoms with van der Waals surface area (Å²) in [6.45, 7) is 3.53. The van der Waals surface area contributed by atoms with Gasteiger partial charge in [0.05, 0.1) is 28.7 Å². The number of aryl methyl sites for hydroxylation is 3. The molecule has 3 aromatic rings. The molecular formula is C21H25N3O2S3. The van der Waals surface area contributed by atoms with Crippen LogP contribution >= 0.6 is 34.4 Å². The van der Waals surface area contributed by atoms with Crippen LogP contribution in [0.5, 0.6) is 0 Å². The average molecular weight is 448 g/mol. The molecule has 1 saturated heterocycles. The van der Waals surface area contributed by atoms with Gasteiger partial charge in [0.25, 0.3) is 5.56 Å². The first-order valence-electron chi connectivity index (χ1n) is 10.5. The summed E-state index contributed by atoms with van der Waals surface area (Å²) >= 11 is 5.06. The van der Waals surface area contributed by atoms with Crippen molar-refractivity contribution in [3.8, 4) is 0 Å². The van der Waals surface area contributed by atoms with E-state index in [-0.39, 0.29) is 11.7 Å². The standard InChI is InChI=1S/C21H25N3O2S3/c1-2-17-22-13(11-27-17)12-28-21-23-19-18(15-7-3-4-8-16(15)29-19)20(25)24(21)10-14-6-5-9-26-14/h11,14H,2-10,12H2,1H3. The number of rotatable bonds is 6. The second-order valence-corrected chi connectivity index (χ2v) is 10.7. The Morgan fingerprint density at radius 1 is 1.28 bits per heavy atom. The molecule has 0 amide bonds. The summed E-state index contributed by atoms with van der Waals surface area (Å²) in [5.41, 5.74) is 2.46. The number of thiophene rings is 1. The summed E-state index contributed by atoms with van der Waals surface area (Å²) in [6.07, 6.45) is 7.65. The van der Waals surface area contributed by atoms with E-state index >= 15 is 0 Å².